The highest BCUT2D eigenvalue weighted by molar-refractivity contribution is 9.10. The van der Waals surface area contributed by atoms with Crippen molar-refractivity contribution in [2.24, 2.45) is 0 Å². The molecule has 2 nitrogen and oxygen atoms in total. The van der Waals surface area contributed by atoms with Crippen LogP contribution in [0.25, 0.3) is 0 Å². The van der Waals surface area contributed by atoms with Crippen molar-refractivity contribution in [1.29, 1.82) is 0 Å². The summed E-state index contributed by atoms with van der Waals surface area (Å²) in [4.78, 5) is 12.0. The minimum atomic E-state index is -1.14. The van der Waals surface area contributed by atoms with Gasteiger partial charge in [-0.05, 0) is 42.3 Å². The van der Waals surface area contributed by atoms with Crippen LogP contribution in [0.5, 0.6) is 0 Å². The van der Waals surface area contributed by atoms with Crippen molar-refractivity contribution in [3.05, 3.63) is 63.6 Å². The van der Waals surface area contributed by atoms with E-state index in [1.807, 2.05) is 13.0 Å². The zero-order valence-electron chi connectivity index (χ0n) is 10.7. The third-order valence-corrected chi connectivity index (χ3v) is 3.39. The second kappa shape index (κ2) is 6.13. The summed E-state index contributed by atoms with van der Waals surface area (Å²) >= 11 is 3.35. The first-order valence-electron chi connectivity index (χ1n) is 6.06. The number of nitrogens with one attached hydrogen (secondary N) is 1. The number of hydrogen-bond acceptors (Lipinski definition) is 1. The van der Waals surface area contributed by atoms with Crippen LogP contribution < -0.4 is 5.32 Å². The van der Waals surface area contributed by atoms with Crippen molar-refractivity contribution >= 4 is 27.5 Å². The highest BCUT2D eigenvalue weighted by Crippen LogP contribution is 2.22. The van der Waals surface area contributed by atoms with Gasteiger partial charge in [-0.2, -0.15) is 0 Å². The molecule has 0 aliphatic carbocycles. The first-order valence-corrected chi connectivity index (χ1v) is 6.86. The average Bonchev–Trinajstić information content (AvgIpc) is 2.43. The third kappa shape index (κ3) is 3.04. The molecule has 2 aromatic rings. The molecule has 2 aromatic carbocycles. The highest BCUT2D eigenvalue weighted by atomic mass is 79.9. The number of benzene rings is 2. The van der Waals surface area contributed by atoms with E-state index in [0.29, 0.717) is 12.1 Å². The molecule has 0 fully saturated rings. The Morgan fingerprint density at radius 2 is 2.00 bits per heavy atom. The molecule has 20 heavy (non-hydrogen) atoms. The molecule has 0 radical (unpaired) electrons. The number of anilines is 1. The third-order valence-electron chi connectivity index (χ3n) is 2.89. The lowest BCUT2D eigenvalue weighted by Crippen LogP contribution is -2.15. The van der Waals surface area contributed by atoms with Gasteiger partial charge < -0.3 is 5.32 Å². The molecule has 0 aliphatic rings. The summed E-state index contributed by atoms with van der Waals surface area (Å²) in [7, 11) is 0. The van der Waals surface area contributed by atoms with Crippen LogP contribution in [-0.4, -0.2) is 5.91 Å². The smallest absolute Gasteiger partial charge is 0.258 e. The normalized spacial score (nSPS) is 10.4. The molecule has 0 heterocycles. The molecule has 1 N–H and O–H groups in total. The van der Waals surface area contributed by atoms with Gasteiger partial charge in [0.1, 0.15) is 0 Å². The summed E-state index contributed by atoms with van der Waals surface area (Å²) in [5, 5.41) is 2.61. The Balaban J connectivity index is 2.30. The molecule has 2 rings (SSSR count). The van der Waals surface area contributed by atoms with Gasteiger partial charge in [0.25, 0.3) is 5.91 Å². The molecule has 104 valence electrons. The predicted octanol–water partition coefficient (Wildman–Crippen LogP) is 4.54. The zero-order valence-corrected chi connectivity index (χ0v) is 12.3. The first kappa shape index (κ1) is 14.7. The number of hydrogen-bond donors (Lipinski definition) is 1. The van der Waals surface area contributed by atoms with Crippen LogP contribution in [0.4, 0.5) is 14.5 Å². The lowest BCUT2D eigenvalue weighted by Gasteiger charge is -2.11. The van der Waals surface area contributed by atoms with Gasteiger partial charge in [-0.15, -0.1) is 0 Å². The molecule has 0 atom stereocenters. The Hall–Kier alpha value is -1.75. The molecule has 0 unspecified atom stereocenters. The van der Waals surface area contributed by atoms with E-state index >= 15 is 0 Å². The Kier molecular flexibility index (Phi) is 4.49. The van der Waals surface area contributed by atoms with Crippen molar-refractivity contribution in [3.8, 4) is 0 Å². The van der Waals surface area contributed by atoms with Gasteiger partial charge in [0.2, 0.25) is 0 Å². The number of carbonyl (C=O) groups is 1. The van der Waals surface area contributed by atoms with Gasteiger partial charge in [0.05, 0.1) is 5.56 Å². The first-order chi connectivity index (χ1) is 9.52. The van der Waals surface area contributed by atoms with E-state index in [4.69, 9.17) is 0 Å². The van der Waals surface area contributed by atoms with Crippen molar-refractivity contribution in [2.45, 2.75) is 13.3 Å². The maximum absolute atomic E-state index is 13.6. The van der Waals surface area contributed by atoms with E-state index < -0.39 is 17.5 Å². The molecule has 0 aliphatic heterocycles. The van der Waals surface area contributed by atoms with Crippen molar-refractivity contribution < 1.29 is 13.6 Å². The standard InChI is InChI=1S/C15H12BrF2NO/c1-2-9-8-10(16)6-7-13(9)19-15(20)11-4-3-5-12(17)14(11)18/h3-8H,2H2,1H3,(H,19,20). The van der Waals surface area contributed by atoms with Crippen LogP contribution in [0.3, 0.4) is 0 Å². The fraction of sp³-hybridized carbons (Fsp3) is 0.133. The lowest BCUT2D eigenvalue weighted by molar-refractivity contribution is 0.102. The van der Waals surface area contributed by atoms with Gasteiger partial charge >= 0.3 is 0 Å². The van der Waals surface area contributed by atoms with E-state index in [9.17, 15) is 13.6 Å². The molecule has 5 heteroatoms. The molecular weight excluding hydrogens is 328 g/mol. The molecular formula is C15H12BrF2NO. The van der Waals surface area contributed by atoms with E-state index in [1.54, 1.807) is 12.1 Å². The van der Waals surface area contributed by atoms with Gasteiger partial charge in [0.15, 0.2) is 11.6 Å². The summed E-state index contributed by atoms with van der Waals surface area (Å²) < 4.78 is 27.6. The fourth-order valence-electron chi connectivity index (χ4n) is 1.85. The topological polar surface area (TPSA) is 29.1 Å². The Morgan fingerprint density at radius 1 is 1.25 bits per heavy atom. The summed E-state index contributed by atoms with van der Waals surface area (Å²) in [6.45, 7) is 1.94. The largest absolute Gasteiger partial charge is 0.322 e. The molecule has 1 amide bonds. The van der Waals surface area contributed by atoms with Gasteiger partial charge in [-0.1, -0.05) is 28.9 Å². The number of rotatable bonds is 3. The molecule has 0 bridgehead atoms. The minimum Gasteiger partial charge on any atom is -0.322 e. The van der Waals surface area contributed by atoms with Gasteiger partial charge in [0, 0.05) is 10.2 Å². The number of carbonyl (C=O) groups excluding carboxylic acids is 1. The Labute approximate surface area is 123 Å². The maximum Gasteiger partial charge on any atom is 0.258 e. The molecule has 0 aromatic heterocycles. The average molecular weight is 340 g/mol. The summed E-state index contributed by atoms with van der Waals surface area (Å²) in [6, 6.07) is 8.89. The lowest BCUT2D eigenvalue weighted by atomic mass is 10.1. The van der Waals surface area contributed by atoms with E-state index in [2.05, 4.69) is 21.2 Å². The van der Waals surface area contributed by atoms with E-state index in [1.165, 1.54) is 12.1 Å². The van der Waals surface area contributed by atoms with E-state index in [-0.39, 0.29) is 5.56 Å². The van der Waals surface area contributed by atoms with Crippen LogP contribution in [0.2, 0.25) is 0 Å². The second-order valence-electron chi connectivity index (χ2n) is 4.21. The van der Waals surface area contributed by atoms with E-state index in [0.717, 1.165) is 16.1 Å². The number of aryl methyl sites for hydroxylation is 1. The maximum atomic E-state index is 13.6. The summed E-state index contributed by atoms with van der Waals surface area (Å²) in [5.41, 5.74) is 1.18. The summed E-state index contributed by atoms with van der Waals surface area (Å²) in [6.07, 6.45) is 0.709. The van der Waals surface area contributed by atoms with Crippen molar-refractivity contribution in [2.75, 3.05) is 5.32 Å². The van der Waals surface area contributed by atoms with Crippen LogP contribution >= 0.6 is 15.9 Å². The van der Waals surface area contributed by atoms with Crippen molar-refractivity contribution in [3.63, 3.8) is 0 Å². The van der Waals surface area contributed by atoms with Crippen molar-refractivity contribution in [1.82, 2.24) is 0 Å². The Bertz CT molecular complexity index is 658. The summed E-state index contributed by atoms with van der Waals surface area (Å²) in [5.74, 6) is -2.84. The molecule has 0 saturated heterocycles. The highest BCUT2D eigenvalue weighted by Gasteiger charge is 2.16. The minimum absolute atomic E-state index is 0.310. The van der Waals surface area contributed by atoms with Crippen LogP contribution in [0.1, 0.15) is 22.8 Å². The Morgan fingerprint density at radius 3 is 2.70 bits per heavy atom. The monoisotopic (exact) mass is 339 g/mol. The SMILES string of the molecule is CCc1cc(Br)ccc1NC(=O)c1cccc(F)c1F. The number of halogens is 3. The second-order valence-corrected chi connectivity index (χ2v) is 5.13. The number of amides is 1. The quantitative estimate of drug-likeness (QED) is 0.873. The van der Waals surface area contributed by atoms with Crippen LogP contribution in [0, 0.1) is 11.6 Å². The van der Waals surface area contributed by atoms with Crippen LogP contribution in [-0.2, 0) is 6.42 Å². The van der Waals surface area contributed by atoms with Crippen LogP contribution in [0.15, 0.2) is 40.9 Å². The molecule has 0 spiro atoms. The van der Waals surface area contributed by atoms with Gasteiger partial charge in [-0.25, -0.2) is 8.78 Å². The van der Waals surface area contributed by atoms with Gasteiger partial charge in [-0.3, -0.25) is 4.79 Å². The molecule has 0 saturated carbocycles. The zero-order chi connectivity index (χ0) is 14.7. The fourth-order valence-corrected chi connectivity index (χ4v) is 2.25. The predicted molar refractivity (Wildman–Crippen MR) is 77.8 cm³/mol.